The van der Waals surface area contributed by atoms with Crippen molar-refractivity contribution in [3.63, 3.8) is 0 Å². The van der Waals surface area contributed by atoms with Gasteiger partial charge in [0.2, 0.25) is 0 Å². The molecule has 1 aromatic carbocycles. The summed E-state index contributed by atoms with van der Waals surface area (Å²) in [4.78, 5) is 1.00. The van der Waals surface area contributed by atoms with Crippen LogP contribution in [0.1, 0.15) is 11.8 Å². The van der Waals surface area contributed by atoms with Crippen molar-refractivity contribution in [2.24, 2.45) is 5.10 Å². The van der Waals surface area contributed by atoms with Crippen molar-refractivity contribution in [2.45, 2.75) is 6.92 Å². The molecule has 1 N–H and O–H groups in total. The number of nitrogens with zero attached hydrogens (tertiary/aromatic N) is 1. The second-order valence-electron chi connectivity index (χ2n) is 3.41. The Hall–Kier alpha value is -1.75. The SMILES string of the molecule is C/C(=N\Nc1ccc(F)cc1F)c1cccs1. The zero-order valence-corrected chi connectivity index (χ0v) is 9.89. The van der Waals surface area contributed by atoms with E-state index in [-0.39, 0.29) is 5.69 Å². The lowest BCUT2D eigenvalue weighted by molar-refractivity contribution is 0.585. The summed E-state index contributed by atoms with van der Waals surface area (Å²) in [6, 6.07) is 7.15. The van der Waals surface area contributed by atoms with Gasteiger partial charge in [-0.1, -0.05) is 6.07 Å². The van der Waals surface area contributed by atoms with E-state index in [0.29, 0.717) is 0 Å². The smallest absolute Gasteiger partial charge is 0.151 e. The van der Waals surface area contributed by atoms with Crippen LogP contribution in [0.3, 0.4) is 0 Å². The second-order valence-corrected chi connectivity index (χ2v) is 4.36. The first kappa shape index (κ1) is 11.7. The first-order chi connectivity index (χ1) is 8.16. The van der Waals surface area contributed by atoms with Crippen LogP contribution in [0.5, 0.6) is 0 Å². The highest BCUT2D eigenvalue weighted by Crippen LogP contribution is 2.16. The molecule has 0 atom stereocenters. The molecule has 5 heteroatoms. The number of hydrogen-bond acceptors (Lipinski definition) is 3. The fourth-order valence-electron chi connectivity index (χ4n) is 1.26. The van der Waals surface area contributed by atoms with E-state index in [1.54, 1.807) is 11.3 Å². The molecule has 0 saturated carbocycles. The van der Waals surface area contributed by atoms with Gasteiger partial charge in [0.15, 0.2) is 5.82 Å². The van der Waals surface area contributed by atoms with Crippen molar-refractivity contribution in [2.75, 3.05) is 5.43 Å². The van der Waals surface area contributed by atoms with Crippen LogP contribution in [0, 0.1) is 11.6 Å². The molecule has 0 saturated heterocycles. The molecule has 0 bridgehead atoms. The third kappa shape index (κ3) is 2.88. The summed E-state index contributed by atoms with van der Waals surface area (Å²) in [7, 11) is 0. The van der Waals surface area contributed by atoms with E-state index in [0.717, 1.165) is 16.7 Å². The van der Waals surface area contributed by atoms with Gasteiger partial charge >= 0.3 is 0 Å². The van der Waals surface area contributed by atoms with E-state index in [2.05, 4.69) is 10.5 Å². The van der Waals surface area contributed by atoms with Gasteiger partial charge in [-0.15, -0.1) is 11.3 Å². The molecule has 0 unspecified atom stereocenters. The van der Waals surface area contributed by atoms with Crippen LogP contribution in [-0.4, -0.2) is 5.71 Å². The highest BCUT2D eigenvalue weighted by Gasteiger charge is 2.03. The lowest BCUT2D eigenvalue weighted by atomic mass is 10.3. The van der Waals surface area contributed by atoms with Gasteiger partial charge in [-0.25, -0.2) is 8.78 Å². The number of hydrogen-bond donors (Lipinski definition) is 1. The van der Waals surface area contributed by atoms with Crippen LogP contribution >= 0.6 is 11.3 Å². The standard InChI is InChI=1S/C12H10F2N2S/c1-8(12-3-2-6-17-12)15-16-11-5-4-9(13)7-10(11)14/h2-7,16H,1H3/b15-8+. The molecule has 17 heavy (non-hydrogen) atoms. The van der Waals surface area contributed by atoms with Crippen molar-refractivity contribution >= 4 is 22.7 Å². The Morgan fingerprint density at radius 3 is 2.76 bits per heavy atom. The number of thiophene rings is 1. The normalized spacial score (nSPS) is 11.6. The van der Waals surface area contributed by atoms with Crippen LogP contribution in [0.15, 0.2) is 40.8 Å². The fourth-order valence-corrected chi connectivity index (χ4v) is 1.94. The average Bonchev–Trinajstić information content (AvgIpc) is 2.81. The minimum Gasteiger partial charge on any atom is -0.275 e. The molecule has 0 aliphatic heterocycles. The third-order valence-corrected chi connectivity index (χ3v) is 3.13. The Labute approximate surface area is 102 Å². The highest BCUT2D eigenvalue weighted by molar-refractivity contribution is 7.12. The van der Waals surface area contributed by atoms with Crippen LogP contribution in [0.25, 0.3) is 0 Å². The van der Waals surface area contributed by atoms with E-state index in [1.807, 2.05) is 24.4 Å². The predicted octanol–water partition coefficient (Wildman–Crippen LogP) is 3.86. The van der Waals surface area contributed by atoms with Crippen LogP contribution in [0.2, 0.25) is 0 Å². The Balaban J connectivity index is 2.14. The largest absolute Gasteiger partial charge is 0.275 e. The summed E-state index contributed by atoms with van der Waals surface area (Å²) in [6.45, 7) is 1.82. The summed E-state index contributed by atoms with van der Waals surface area (Å²) < 4.78 is 25.9. The van der Waals surface area contributed by atoms with Gasteiger partial charge in [0.25, 0.3) is 0 Å². The summed E-state index contributed by atoms with van der Waals surface area (Å²) in [5.41, 5.74) is 3.49. The number of rotatable bonds is 3. The van der Waals surface area contributed by atoms with Gasteiger partial charge in [0.1, 0.15) is 5.82 Å². The maximum atomic E-state index is 13.3. The molecule has 0 fully saturated rings. The van der Waals surface area contributed by atoms with Gasteiger partial charge in [-0.2, -0.15) is 5.10 Å². The van der Waals surface area contributed by atoms with Crippen LogP contribution < -0.4 is 5.43 Å². The van der Waals surface area contributed by atoms with Gasteiger partial charge in [-0.3, -0.25) is 5.43 Å². The van der Waals surface area contributed by atoms with E-state index in [1.165, 1.54) is 12.1 Å². The van der Waals surface area contributed by atoms with Crippen molar-refractivity contribution in [1.29, 1.82) is 0 Å². The maximum Gasteiger partial charge on any atom is 0.151 e. The third-order valence-electron chi connectivity index (χ3n) is 2.15. The Bertz CT molecular complexity index is 535. The zero-order valence-electron chi connectivity index (χ0n) is 9.08. The molecule has 1 heterocycles. The van der Waals surface area contributed by atoms with E-state index < -0.39 is 11.6 Å². The number of halogens is 2. The van der Waals surface area contributed by atoms with Gasteiger partial charge in [-0.05, 0) is 30.5 Å². The molecule has 2 rings (SSSR count). The molecule has 0 amide bonds. The minimum atomic E-state index is -0.660. The van der Waals surface area contributed by atoms with Crippen LogP contribution in [0.4, 0.5) is 14.5 Å². The van der Waals surface area contributed by atoms with Gasteiger partial charge in [0, 0.05) is 10.9 Å². The quantitative estimate of drug-likeness (QED) is 0.651. The van der Waals surface area contributed by atoms with Crippen molar-refractivity contribution in [3.8, 4) is 0 Å². The Kier molecular flexibility index (Phi) is 3.49. The Morgan fingerprint density at radius 2 is 2.12 bits per heavy atom. The predicted molar refractivity (Wildman–Crippen MR) is 66.5 cm³/mol. The fraction of sp³-hybridized carbons (Fsp3) is 0.0833. The molecule has 1 aromatic heterocycles. The molecule has 0 spiro atoms. The highest BCUT2D eigenvalue weighted by atomic mass is 32.1. The molecule has 88 valence electrons. The van der Waals surface area contributed by atoms with E-state index >= 15 is 0 Å². The van der Waals surface area contributed by atoms with Gasteiger partial charge < -0.3 is 0 Å². The molecule has 0 aliphatic rings. The maximum absolute atomic E-state index is 13.3. The average molecular weight is 252 g/mol. The first-order valence-corrected chi connectivity index (χ1v) is 5.84. The molecule has 2 nitrogen and oxygen atoms in total. The minimum absolute atomic E-state index is 0.155. The number of hydrazone groups is 1. The Morgan fingerprint density at radius 1 is 1.29 bits per heavy atom. The summed E-state index contributed by atoms with van der Waals surface area (Å²) in [6.07, 6.45) is 0. The van der Waals surface area contributed by atoms with Crippen molar-refractivity contribution in [3.05, 3.63) is 52.2 Å². The lowest BCUT2D eigenvalue weighted by Crippen LogP contribution is -1.99. The second kappa shape index (κ2) is 5.05. The monoisotopic (exact) mass is 252 g/mol. The first-order valence-electron chi connectivity index (χ1n) is 4.96. The summed E-state index contributed by atoms with van der Waals surface area (Å²) in [5.74, 6) is -1.26. The zero-order chi connectivity index (χ0) is 12.3. The van der Waals surface area contributed by atoms with Crippen molar-refractivity contribution < 1.29 is 8.78 Å². The van der Waals surface area contributed by atoms with Gasteiger partial charge in [0.05, 0.1) is 11.4 Å². The number of nitrogens with one attached hydrogen (secondary N) is 1. The van der Waals surface area contributed by atoms with E-state index in [4.69, 9.17) is 0 Å². The lowest BCUT2D eigenvalue weighted by Gasteiger charge is -2.03. The van der Waals surface area contributed by atoms with Crippen molar-refractivity contribution in [1.82, 2.24) is 0 Å². The van der Waals surface area contributed by atoms with E-state index in [9.17, 15) is 8.78 Å². The topological polar surface area (TPSA) is 24.4 Å². The summed E-state index contributed by atoms with van der Waals surface area (Å²) >= 11 is 1.55. The molecular formula is C12H10F2N2S. The molecule has 0 aliphatic carbocycles. The molecule has 2 aromatic rings. The molecular weight excluding hydrogens is 242 g/mol. The van der Waals surface area contributed by atoms with Crippen LogP contribution in [-0.2, 0) is 0 Å². The summed E-state index contributed by atoms with van der Waals surface area (Å²) in [5, 5.41) is 5.98. The number of anilines is 1. The molecule has 0 radical (unpaired) electrons. The number of benzene rings is 1.